The van der Waals surface area contributed by atoms with Crippen LogP contribution in [0.4, 0.5) is 4.79 Å². The molecule has 1 heterocycles. The topological polar surface area (TPSA) is 141 Å². The number of nitrogens with zero attached hydrogens (tertiary/aromatic N) is 1. The molecule has 5 N–H and O–H groups in total. The molecule has 30 heavy (non-hydrogen) atoms. The Morgan fingerprint density at radius 1 is 1.23 bits per heavy atom. The van der Waals surface area contributed by atoms with Gasteiger partial charge in [-0.15, -0.1) is 0 Å². The first-order valence-electron chi connectivity index (χ1n) is 9.98. The van der Waals surface area contributed by atoms with Gasteiger partial charge in [0.25, 0.3) is 0 Å². The van der Waals surface area contributed by atoms with Crippen molar-refractivity contribution >= 4 is 23.9 Å². The van der Waals surface area contributed by atoms with Crippen molar-refractivity contribution in [3.63, 3.8) is 0 Å². The molecule has 0 radical (unpaired) electrons. The smallest absolute Gasteiger partial charge is 0.413 e. The zero-order valence-corrected chi connectivity index (χ0v) is 16.8. The van der Waals surface area contributed by atoms with E-state index >= 15 is 0 Å². The molecule has 0 unspecified atom stereocenters. The molecule has 2 amide bonds. The number of carbonyl (C=O) groups excluding carboxylic acids is 2. The third-order valence-corrected chi connectivity index (χ3v) is 5.32. The van der Waals surface area contributed by atoms with Crippen molar-refractivity contribution in [1.29, 1.82) is 0 Å². The van der Waals surface area contributed by atoms with Crippen LogP contribution in [0.1, 0.15) is 12.5 Å². The number of aliphatic imine (C=N–C) groups is 1. The minimum Gasteiger partial charge on any atom is -0.480 e. The van der Waals surface area contributed by atoms with Gasteiger partial charge in [-0.2, -0.15) is 0 Å². The SMILES string of the molecule is CCOC(=O)NC(=NCc1ccccc1)NC[C@@H]1[C@H]2CN[C@H](C(=O)NCC(=O)O)[C@@H]12. The normalized spacial score (nSPS) is 24.5. The minimum absolute atomic E-state index is 0.129. The maximum absolute atomic E-state index is 12.2. The Morgan fingerprint density at radius 2 is 2.00 bits per heavy atom. The van der Waals surface area contributed by atoms with Gasteiger partial charge in [-0.1, -0.05) is 30.3 Å². The van der Waals surface area contributed by atoms with Crippen LogP contribution in [0.25, 0.3) is 0 Å². The Labute approximate surface area is 174 Å². The number of amides is 2. The fourth-order valence-electron chi connectivity index (χ4n) is 3.86. The van der Waals surface area contributed by atoms with E-state index in [-0.39, 0.29) is 24.3 Å². The van der Waals surface area contributed by atoms with Gasteiger partial charge in [-0.25, -0.2) is 9.79 Å². The first-order chi connectivity index (χ1) is 14.5. The Morgan fingerprint density at radius 3 is 2.70 bits per heavy atom. The second-order valence-corrected chi connectivity index (χ2v) is 7.28. The molecular weight excluding hydrogens is 390 g/mol. The molecule has 0 aromatic heterocycles. The molecule has 3 rings (SSSR count). The van der Waals surface area contributed by atoms with E-state index in [4.69, 9.17) is 9.84 Å². The predicted octanol–water partition coefficient (Wildman–Crippen LogP) is -0.0869. The van der Waals surface area contributed by atoms with Gasteiger partial charge in [-0.05, 0) is 36.8 Å². The zero-order chi connectivity index (χ0) is 21.5. The third-order valence-electron chi connectivity index (χ3n) is 5.32. The fraction of sp³-hybridized carbons (Fsp3) is 0.500. The van der Waals surface area contributed by atoms with Crippen molar-refractivity contribution in [2.24, 2.45) is 22.7 Å². The van der Waals surface area contributed by atoms with Gasteiger partial charge in [0.15, 0.2) is 0 Å². The molecule has 1 saturated heterocycles. The van der Waals surface area contributed by atoms with Crippen LogP contribution in [-0.2, 0) is 20.9 Å². The van der Waals surface area contributed by atoms with Crippen LogP contribution in [0.2, 0.25) is 0 Å². The van der Waals surface area contributed by atoms with Crippen LogP contribution < -0.4 is 21.3 Å². The summed E-state index contributed by atoms with van der Waals surface area (Å²) in [5, 5.41) is 20.1. The Bertz CT molecular complexity index is 800. The van der Waals surface area contributed by atoms with Gasteiger partial charge in [-0.3, -0.25) is 14.9 Å². The van der Waals surface area contributed by atoms with E-state index in [0.29, 0.717) is 31.5 Å². The van der Waals surface area contributed by atoms with Crippen LogP contribution in [0.15, 0.2) is 35.3 Å². The van der Waals surface area contributed by atoms with Crippen molar-refractivity contribution in [3.05, 3.63) is 35.9 Å². The van der Waals surface area contributed by atoms with Gasteiger partial charge in [0.2, 0.25) is 11.9 Å². The van der Waals surface area contributed by atoms with Crippen molar-refractivity contribution < 1.29 is 24.2 Å². The van der Waals surface area contributed by atoms with E-state index in [9.17, 15) is 14.4 Å². The summed E-state index contributed by atoms with van der Waals surface area (Å²) in [7, 11) is 0. The number of nitrogens with one attached hydrogen (secondary N) is 4. The third kappa shape index (κ3) is 5.69. The quantitative estimate of drug-likeness (QED) is 0.294. The Kier molecular flexibility index (Phi) is 7.23. The highest BCUT2D eigenvalue weighted by molar-refractivity contribution is 5.94. The standard InChI is InChI=1S/C20H27N5O5/c1-2-30-20(29)25-19(23-8-12-6-4-3-5-7-12)24-10-14-13-9-21-17(16(13)14)18(28)22-11-15(26)27/h3-7,13-14,16-17,21H,2,8-11H2,1H3,(H,22,28)(H,26,27)(H2,23,24,25,29)/t13-,14-,16-,17+/m1/s1. The Balaban J connectivity index is 1.54. The van der Waals surface area contributed by atoms with Crippen LogP contribution in [0.5, 0.6) is 0 Å². The first-order valence-corrected chi connectivity index (χ1v) is 9.98. The van der Waals surface area contributed by atoms with E-state index in [1.54, 1.807) is 6.92 Å². The van der Waals surface area contributed by atoms with Gasteiger partial charge < -0.3 is 25.8 Å². The summed E-state index contributed by atoms with van der Waals surface area (Å²) < 4.78 is 4.93. The number of alkyl carbamates (subject to hydrolysis) is 1. The van der Waals surface area contributed by atoms with E-state index in [1.165, 1.54) is 0 Å². The Hall–Kier alpha value is -3.14. The van der Waals surface area contributed by atoms with E-state index in [0.717, 1.165) is 5.56 Å². The number of hydrogen-bond donors (Lipinski definition) is 5. The lowest BCUT2D eigenvalue weighted by Crippen LogP contribution is -2.47. The highest BCUT2D eigenvalue weighted by Gasteiger charge is 2.59. The summed E-state index contributed by atoms with van der Waals surface area (Å²) in [4.78, 5) is 39.1. The number of piperidine rings is 1. The molecular formula is C20H27N5O5. The number of rotatable bonds is 8. The molecule has 0 bridgehead atoms. The monoisotopic (exact) mass is 417 g/mol. The molecule has 10 heteroatoms. The molecule has 10 nitrogen and oxygen atoms in total. The number of aliphatic carboxylic acids is 1. The lowest BCUT2D eigenvalue weighted by molar-refractivity contribution is -0.138. The van der Waals surface area contributed by atoms with Gasteiger partial charge in [0.1, 0.15) is 6.54 Å². The number of fused-ring (bicyclic) bond motifs is 1. The van der Waals surface area contributed by atoms with Crippen LogP contribution >= 0.6 is 0 Å². The molecule has 1 aromatic carbocycles. The van der Waals surface area contributed by atoms with Crippen molar-refractivity contribution in [2.75, 3.05) is 26.2 Å². The van der Waals surface area contributed by atoms with Gasteiger partial charge >= 0.3 is 12.1 Å². The number of carbonyl (C=O) groups is 3. The fourth-order valence-corrected chi connectivity index (χ4v) is 3.86. The van der Waals surface area contributed by atoms with E-state index < -0.39 is 24.6 Å². The molecule has 4 atom stereocenters. The number of ether oxygens (including phenoxy) is 1. The first kappa shape index (κ1) is 21.6. The summed E-state index contributed by atoms with van der Waals surface area (Å²) in [6.45, 7) is 3.22. The summed E-state index contributed by atoms with van der Waals surface area (Å²) in [6, 6.07) is 9.26. The molecule has 1 aromatic rings. The average molecular weight is 417 g/mol. The lowest BCUT2D eigenvalue weighted by atomic mass is 10.1. The molecule has 1 aliphatic carbocycles. The summed E-state index contributed by atoms with van der Waals surface area (Å²) >= 11 is 0. The highest BCUT2D eigenvalue weighted by atomic mass is 16.5. The number of carboxylic acids is 1. The highest BCUT2D eigenvalue weighted by Crippen LogP contribution is 2.51. The molecule has 0 spiro atoms. The summed E-state index contributed by atoms with van der Waals surface area (Å²) in [6.07, 6.45) is -0.583. The summed E-state index contributed by atoms with van der Waals surface area (Å²) in [5.41, 5.74) is 1.00. The maximum Gasteiger partial charge on any atom is 0.413 e. The number of carboxylic acid groups (broad SMARTS) is 1. The van der Waals surface area contributed by atoms with Crippen molar-refractivity contribution in [1.82, 2.24) is 21.3 Å². The maximum atomic E-state index is 12.2. The zero-order valence-electron chi connectivity index (χ0n) is 16.8. The second kappa shape index (κ2) is 10.1. The van der Waals surface area contributed by atoms with Crippen LogP contribution in [0.3, 0.4) is 0 Å². The van der Waals surface area contributed by atoms with Crippen LogP contribution in [-0.4, -0.2) is 61.3 Å². The van der Waals surface area contributed by atoms with Gasteiger partial charge in [0, 0.05) is 6.54 Å². The van der Waals surface area contributed by atoms with E-state index in [2.05, 4.69) is 26.3 Å². The molecule has 2 aliphatic rings. The lowest BCUT2D eigenvalue weighted by Gasteiger charge is -2.16. The summed E-state index contributed by atoms with van der Waals surface area (Å²) in [5.74, 6) is -0.355. The van der Waals surface area contributed by atoms with Crippen LogP contribution in [0, 0.1) is 17.8 Å². The average Bonchev–Trinajstić information content (AvgIpc) is 3.22. The molecule has 1 aliphatic heterocycles. The minimum atomic E-state index is -1.07. The van der Waals surface area contributed by atoms with Crippen molar-refractivity contribution in [2.45, 2.75) is 19.5 Å². The molecule has 1 saturated carbocycles. The van der Waals surface area contributed by atoms with Crippen molar-refractivity contribution in [3.8, 4) is 0 Å². The number of benzene rings is 1. The largest absolute Gasteiger partial charge is 0.480 e. The van der Waals surface area contributed by atoms with E-state index in [1.807, 2.05) is 30.3 Å². The number of guanidine groups is 1. The molecule has 162 valence electrons. The number of hydrogen-bond acceptors (Lipinski definition) is 6. The van der Waals surface area contributed by atoms with Gasteiger partial charge in [0.05, 0.1) is 19.2 Å². The predicted molar refractivity (Wildman–Crippen MR) is 109 cm³/mol. The molecule has 2 fully saturated rings. The second-order valence-electron chi connectivity index (χ2n) is 7.28.